The molecule has 6 nitrogen and oxygen atoms in total. The number of hydrogen-bond donors (Lipinski definition) is 4. The molecule has 1 aliphatic rings. The van der Waals surface area contributed by atoms with Crippen molar-refractivity contribution in [3.8, 4) is 0 Å². The summed E-state index contributed by atoms with van der Waals surface area (Å²) in [5.41, 5.74) is 6.81. The van der Waals surface area contributed by atoms with E-state index in [4.69, 9.17) is 17.3 Å². The standard InChI is InChI=1S/C18H23ClN4O2/c19-12-1-6-15-11(9-12)10-16(23-15)18(25)22-14-4-2-13(3-5-14)21-17(24)7-8-20/h1,6,9-10,13-14,23H,2-5,7-8,20H2,(H,21,24)(H,22,25)/t13-,14-. The smallest absolute Gasteiger partial charge is 0.267 e. The molecule has 0 unspecified atom stereocenters. The van der Waals surface area contributed by atoms with E-state index in [1.807, 2.05) is 18.2 Å². The van der Waals surface area contributed by atoms with Crippen LogP contribution in [0.2, 0.25) is 5.02 Å². The first-order valence-corrected chi connectivity index (χ1v) is 9.01. The maximum Gasteiger partial charge on any atom is 0.267 e. The van der Waals surface area contributed by atoms with Crippen LogP contribution in [0, 0.1) is 0 Å². The summed E-state index contributed by atoms with van der Waals surface area (Å²) in [5, 5.41) is 7.64. The van der Waals surface area contributed by atoms with Crippen LogP contribution in [0.5, 0.6) is 0 Å². The van der Waals surface area contributed by atoms with Crippen LogP contribution in [-0.2, 0) is 4.79 Å². The van der Waals surface area contributed by atoms with E-state index >= 15 is 0 Å². The summed E-state index contributed by atoms with van der Waals surface area (Å²) in [7, 11) is 0. The van der Waals surface area contributed by atoms with E-state index in [0.717, 1.165) is 36.6 Å². The van der Waals surface area contributed by atoms with Gasteiger partial charge in [0.05, 0.1) is 0 Å². The molecule has 2 amide bonds. The molecule has 0 atom stereocenters. The van der Waals surface area contributed by atoms with Crippen molar-refractivity contribution in [1.82, 2.24) is 15.6 Å². The van der Waals surface area contributed by atoms with Gasteiger partial charge in [0, 0.05) is 41.0 Å². The van der Waals surface area contributed by atoms with E-state index in [-0.39, 0.29) is 23.9 Å². The Kier molecular flexibility index (Phi) is 5.60. The van der Waals surface area contributed by atoms with Crippen molar-refractivity contribution in [3.05, 3.63) is 35.0 Å². The Morgan fingerprint density at radius 2 is 1.80 bits per heavy atom. The van der Waals surface area contributed by atoms with Crippen LogP contribution < -0.4 is 16.4 Å². The first-order valence-electron chi connectivity index (χ1n) is 8.63. The zero-order valence-electron chi connectivity index (χ0n) is 14.0. The van der Waals surface area contributed by atoms with Gasteiger partial charge in [0.25, 0.3) is 5.91 Å². The number of rotatable bonds is 5. The highest BCUT2D eigenvalue weighted by Crippen LogP contribution is 2.22. The SMILES string of the molecule is NCCC(=O)N[C@H]1CC[C@H](NC(=O)c2cc3cc(Cl)ccc3[nH]2)CC1. The van der Waals surface area contributed by atoms with Gasteiger partial charge in [-0.25, -0.2) is 0 Å². The van der Waals surface area contributed by atoms with Gasteiger partial charge in [0.15, 0.2) is 0 Å². The molecule has 1 saturated carbocycles. The first-order chi connectivity index (χ1) is 12.0. The molecular formula is C18H23ClN4O2. The topological polar surface area (TPSA) is 100 Å². The van der Waals surface area contributed by atoms with Gasteiger partial charge >= 0.3 is 0 Å². The fourth-order valence-corrected chi connectivity index (χ4v) is 3.48. The molecule has 0 aliphatic heterocycles. The minimum Gasteiger partial charge on any atom is -0.353 e. The molecule has 25 heavy (non-hydrogen) atoms. The Balaban J connectivity index is 1.52. The Labute approximate surface area is 151 Å². The van der Waals surface area contributed by atoms with E-state index in [2.05, 4.69) is 15.6 Å². The first kappa shape index (κ1) is 17.8. The molecule has 0 spiro atoms. The average Bonchev–Trinajstić information content (AvgIpc) is 3.00. The van der Waals surface area contributed by atoms with Crippen LogP contribution in [0.4, 0.5) is 0 Å². The molecule has 0 bridgehead atoms. The monoisotopic (exact) mass is 362 g/mol. The summed E-state index contributed by atoms with van der Waals surface area (Å²) in [6.07, 6.45) is 3.80. The molecule has 7 heteroatoms. The molecular weight excluding hydrogens is 340 g/mol. The number of aromatic amines is 1. The highest BCUT2D eigenvalue weighted by molar-refractivity contribution is 6.31. The molecule has 3 rings (SSSR count). The molecule has 0 radical (unpaired) electrons. The number of aromatic nitrogens is 1. The lowest BCUT2D eigenvalue weighted by Gasteiger charge is -2.29. The highest BCUT2D eigenvalue weighted by atomic mass is 35.5. The lowest BCUT2D eigenvalue weighted by molar-refractivity contribution is -0.121. The Hall–Kier alpha value is -2.05. The van der Waals surface area contributed by atoms with Crippen LogP contribution in [-0.4, -0.2) is 35.4 Å². The van der Waals surface area contributed by atoms with Crippen LogP contribution in [0.1, 0.15) is 42.6 Å². The minimum atomic E-state index is -0.108. The number of carbonyl (C=O) groups excluding carboxylic acids is 2. The molecule has 1 aliphatic carbocycles. The molecule has 1 heterocycles. The van der Waals surface area contributed by atoms with Gasteiger partial charge in [0.1, 0.15) is 5.69 Å². The van der Waals surface area contributed by atoms with Crippen molar-refractivity contribution in [2.45, 2.75) is 44.2 Å². The number of benzene rings is 1. The maximum absolute atomic E-state index is 12.5. The van der Waals surface area contributed by atoms with Crippen LogP contribution >= 0.6 is 11.6 Å². The molecule has 0 saturated heterocycles. The lowest BCUT2D eigenvalue weighted by Crippen LogP contribution is -2.44. The number of fused-ring (bicyclic) bond motifs is 1. The summed E-state index contributed by atoms with van der Waals surface area (Å²) < 4.78 is 0. The molecule has 1 aromatic heterocycles. The summed E-state index contributed by atoms with van der Waals surface area (Å²) in [4.78, 5) is 27.2. The van der Waals surface area contributed by atoms with Crippen molar-refractivity contribution in [2.24, 2.45) is 5.73 Å². The second-order valence-corrected chi connectivity index (χ2v) is 6.98. The zero-order valence-corrected chi connectivity index (χ0v) is 14.7. The van der Waals surface area contributed by atoms with Crippen LogP contribution in [0.25, 0.3) is 10.9 Å². The fourth-order valence-electron chi connectivity index (χ4n) is 3.30. The molecule has 1 fully saturated rings. The third-order valence-corrected chi connectivity index (χ3v) is 4.86. The number of amides is 2. The van der Waals surface area contributed by atoms with Gasteiger partial charge in [0.2, 0.25) is 5.91 Å². The van der Waals surface area contributed by atoms with Gasteiger partial charge in [-0.2, -0.15) is 0 Å². The van der Waals surface area contributed by atoms with E-state index in [1.54, 1.807) is 6.07 Å². The normalized spacial score (nSPS) is 20.4. The van der Waals surface area contributed by atoms with Crippen molar-refractivity contribution in [1.29, 1.82) is 0 Å². The third-order valence-electron chi connectivity index (χ3n) is 4.63. The van der Waals surface area contributed by atoms with Gasteiger partial charge in [-0.15, -0.1) is 0 Å². The number of H-pyrrole nitrogens is 1. The summed E-state index contributed by atoms with van der Waals surface area (Å²) in [5.74, 6) is -0.102. The van der Waals surface area contributed by atoms with E-state index < -0.39 is 0 Å². The Morgan fingerprint density at radius 1 is 1.12 bits per heavy atom. The van der Waals surface area contributed by atoms with Crippen molar-refractivity contribution >= 4 is 34.3 Å². The Morgan fingerprint density at radius 3 is 2.48 bits per heavy atom. The summed E-state index contributed by atoms with van der Waals surface area (Å²) >= 11 is 5.98. The fraction of sp³-hybridized carbons (Fsp3) is 0.444. The Bertz CT molecular complexity index is 766. The quantitative estimate of drug-likeness (QED) is 0.656. The van der Waals surface area contributed by atoms with E-state index in [0.29, 0.717) is 23.7 Å². The van der Waals surface area contributed by atoms with Gasteiger partial charge < -0.3 is 21.4 Å². The van der Waals surface area contributed by atoms with Gasteiger partial charge in [-0.3, -0.25) is 9.59 Å². The summed E-state index contributed by atoms with van der Waals surface area (Å²) in [6, 6.07) is 7.62. The number of halogens is 1. The number of hydrogen-bond acceptors (Lipinski definition) is 3. The van der Waals surface area contributed by atoms with Gasteiger partial charge in [-0.1, -0.05) is 11.6 Å². The molecule has 1 aromatic carbocycles. The number of nitrogens with two attached hydrogens (primary N) is 1. The van der Waals surface area contributed by atoms with Gasteiger partial charge in [-0.05, 0) is 49.9 Å². The minimum absolute atomic E-state index is 0.00622. The van der Waals surface area contributed by atoms with Crippen LogP contribution in [0.15, 0.2) is 24.3 Å². The number of carbonyl (C=O) groups is 2. The third kappa shape index (κ3) is 4.52. The second kappa shape index (κ2) is 7.89. The highest BCUT2D eigenvalue weighted by Gasteiger charge is 2.24. The average molecular weight is 363 g/mol. The van der Waals surface area contributed by atoms with Crippen molar-refractivity contribution in [3.63, 3.8) is 0 Å². The molecule has 5 N–H and O–H groups in total. The van der Waals surface area contributed by atoms with Crippen LogP contribution in [0.3, 0.4) is 0 Å². The van der Waals surface area contributed by atoms with Crippen molar-refractivity contribution < 1.29 is 9.59 Å². The summed E-state index contributed by atoms with van der Waals surface area (Å²) in [6.45, 7) is 0.368. The molecule has 2 aromatic rings. The van der Waals surface area contributed by atoms with E-state index in [9.17, 15) is 9.59 Å². The molecule has 134 valence electrons. The lowest BCUT2D eigenvalue weighted by atomic mass is 9.91. The largest absolute Gasteiger partial charge is 0.353 e. The maximum atomic E-state index is 12.5. The van der Waals surface area contributed by atoms with E-state index in [1.165, 1.54) is 0 Å². The zero-order chi connectivity index (χ0) is 17.8. The predicted molar refractivity (Wildman–Crippen MR) is 98.6 cm³/mol. The van der Waals surface area contributed by atoms with Crippen molar-refractivity contribution in [2.75, 3.05) is 6.54 Å². The predicted octanol–water partition coefficient (Wildman–Crippen LogP) is 2.33. The number of nitrogens with one attached hydrogen (secondary N) is 3. The second-order valence-electron chi connectivity index (χ2n) is 6.54.